The summed E-state index contributed by atoms with van der Waals surface area (Å²) >= 11 is 0. The molecule has 2 aromatic rings. The van der Waals surface area contributed by atoms with Crippen molar-refractivity contribution in [1.82, 2.24) is 9.78 Å². The highest BCUT2D eigenvalue weighted by Crippen LogP contribution is 2.15. The molecule has 0 spiro atoms. The largest absolute Gasteiger partial charge is 0.508 e. The van der Waals surface area contributed by atoms with E-state index in [1.54, 1.807) is 35.3 Å². The number of aromatic nitrogens is 2. The van der Waals surface area contributed by atoms with Gasteiger partial charge in [-0.05, 0) is 12.1 Å². The van der Waals surface area contributed by atoms with E-state index in [0.717, 1.165) is 5.69 Å². The Bertz CT molecular complexity index is 422. The van der Waals surface area contributed by atoms with Gasteiger partial charge >= 0.3 is 0 Å². The molecule has 0 aliphatic carbocycles. The van der Waals surface area contributed by atoms with Crippen molar-refractivity contribution in [3.63, 3.8) is 0 Å². The molecule has 0 radical (unpaired) electrons. The molecular weight excluding hydrogens is 166 g/mol. The molecule has 0 aliphatic rings. The topological polar surface area (TPSA) is 64.1 Å². The van der Waals surface area contributed by atoms with Gasteiger partial charge in [0.25, 0.3) is 0 Å². The fourth-order valence-electron chi connectivity index (χ4n) is 1.11. The SMILES string of the molecule is Nc1cnn(-c2cccc(O)c2)c1. The first-order valence-corrected chi connectivity index (χ1v) is 3.85. The van der Waals surface area contributed by atoms with E-state index in [0.29, 0.717) is 5.69 Å². The molecule has 0 amide bonds. The van der Waals surface area contributed by atoms with Gasteiger partial charge in [0.1, 0.15) is 5.75 Å². The number of benzene rings is 1. The van der Waals surface area contributed by atoms with E-state index in [9.17, 15) is 5.11 Å². The quantitative estimate of drug-likeness (QED) is 0.683. The van der Waals surface area contributed by atoms with Gasteiger partial charge in [-0.1, -0.05) is 6.07 Å². The second-order valence-corrected chi connectivity index (χ2v) is 2.74. The summed E-state index contributed by atoms with van der Waals surface area (Å²) in [5.74, 6) is 0.214. The zero-order valence-electron chi connectivity index (χ0n) is 6.88. The molecule has 4 heteroatoms. The Morgan fingerprint density at radius 2 is 2.23 bits per heavy atom. The van der Waals surface area contributed by atoms with Gasteiger partial charge < -0.3 is 10.8 Å². The number of hydrogen-bond donors (Lipinski definition) is 2. The van der Waals surface area contributed by atoms with Gasteiger partial charge in [0.15, 0.2) is 0 Å². The van der Waals surface area contributed by atoms with Crippen molar-refractivity contribution >= 4 is 5.69 Å². The maximum absolute atomic E-state index is 9.21. The van der Waals surface area contributed by atoms with E-state index in [4.69, 9.17) is 5.73 Å². The van der Waals surface area contributed by atoms with Crippen LogP contribution in [0.4, 0.5) is 5.69 Å². The van der Waals surface area contributed by atoms with Crippen LogP contribution in [0.2, 0.25) is 0 Å². The van der Waals surface area contributed by atoms with Gasteiger partial charge in [0, 0.05) is 6.07 Å². The number of anilines is 1. The van der Waals surface area contributed by atoms with E-state index in [1.165, 1.54) is 0 Å². The Morgan fingerprint density at radius 1 is 1.38 bits per heavy atom. The minimum atomic E-state index is 0.214. The number of nitrogen functional groups attached to an aromatic ring is 1. The van der Waals surface area contributed by atoms with Crippen LogP contribution >= 0.6 is 0 Å². The van der Waals surface area contributed by atoms with Gasteiger partial charge in [0.05, 0.1) is 23.8 Å². The Kier molecular flexibility index (Phi) is 1.66. The van der Waals surface area contributed by atoms with Crippen LogP contribution in [0.15, 0.2) is 36.7 Å². The molecule has 4 nitrogen and oxygen atoms in total. The van der Waals surface area contributed by atoms with E-state index in [-0.39, 0.29) is 5.75 Å². The first kappa shape index (κ1) is 7.67. The van der Waals surface area contributed by atoms with Crippen LogP contribution in [0.3, 0.4) is 0 Å². The van der Waals surface area contributed by atoms with Crippen molar-refractivity contribution in [3.8, 4) is 11.4 Å². The van der Waals surface area contributed by atoms with Crippen molar-refractivity contribution in [2.75, 3.05) is 5.73 Å². The normalized spacial score (nSPS) is 10.2. The van der Waals surface area contributed by atoms with E-state index >= 15 is 0 Å². The summed E-state index contributed by atoms with van der Waals surface area (Å²) in [7, 11) is 0. The Labute approximate surface area is 75.2 Å². The number of nitrogens with zero attached hydrogens (tertiary/aromatic N) is 2. The van der Waals surface area contributed by atoms with Gasteiger partial charge in [-0.25, -0.2) is 4.68 Å². The monoisotopic (exact) mass is 175 g/mol. The maximum Gasteiger partial charge on any atom is 0.117 e. The molecule has 0 unspecified atom stereocenters. The molecule has 1 aromatic heterocycles. The second-order valence-electron chi connectivity index (χ2n) is 2.74. The number of hydrogen-bond acceptors (Lipinski definition) is 3. The molecule has 3 N–H and O–H groups in total. The smallest absolute Gasteiger partial charge is 0.117 e. The molecule has 1 aromatic carbocycles. The lowest BCUT2D eigenvalue weighted by molar-refractivity contribution is 0.475. The molecule has 2 rings (SSSR count). The van der Waals surface area contributed by atoms with Crippen LogP contribution in [0.1, 0.15) is 0 Å². The molecule has 0 bridgehead atoms. The first-order valence-electron chi connectivity index (χ1n) is 3.85. The lowest BCUT2D eigenvalue weighted by Crippen LogP contribution is -1.93. The van der Waals surface area contributed by atoms with Crippen LogP contribution in [0.25, 0.3) is 5.69 Å². The predicted molar refractivity (Wildman–Crippen MR) is 49.6 cm³/mol. The van der Waals surface area contributed by atoms with Crippen molar-refractivity contribution in [2.24, 2.45) is 0 Å². The van der Waals surface area contributed by atoms with Gasteiger partial charge in [-0.2, -0.15) is 5.10 Å². The summed E-state index contributed by atoms with van der Waals surface area (Å²) in [4.78, 5) is 0. The number of nitrogens with two attached hydrogens (primary N) is 1. The molecule has 1 heterocycles. The average Bonchev–Trinajstić information content (AvgIpc) is 2.52. The third kappa shape index (κ3) is 1.46. The average molecular weight is 175 g/mol. The minimum absolute atomic E-state index is 0.214. The molecule has 0 saturated heterocycles. The summed E-state index contributed by atoms with van der Waals surface area (Å²) in [5, 5.41) is 13.2. The summed E-state index contributed by atoms with van der Waals surface area (Å²) in [6.07, 6.45) is 3.25. The highest BCUT2D eigenvalue weighted by Gasteiger charge is 1.98. The first-order chi connectivity index (χ1) is 6.25. The number of phenolic OH excluding ortho intramolecular Hbond substituents is 1. The third-order valence-electron chi connectivity index (χ3n) is 1.70. The van der Waals surface area contributed by atoms with Gasteiger partial charge in [0.2, 0.25) is 0 Å². The van der Waals surface area contributed by atoms with Crippen LogP contribution in [-0.2, 0) is 0 Å². The van der Waals surface area contributed by atoms with E-state index in [1.807, 2.05) is 6.07 Å². The second kappa shape index (κ2) is 2.82. The summed E-state index contributed by atoms with van der Waals surface area (Å²) < 4.78 is 1.61. The van der Waals surface area contributed by atoms with E-state index < -0.39 is 0 Å². The highest BCUT2D eigenvalue weighted by molar-refractivity contribution is 5.41. The predicted octanol–water partition coefficient (Wildman–Crippen LogP) is 1.16. The number of rotatable bonds is 1. The summed E-state index contributed by atoms with van der Waals surface area (Å²) in [5.41, 5.74) is 6.90. The molecule has 13 heavy (non-hydrogen) atoms. The zero-order chi connectivity index (χ0) is 9.26. The Hall–Kier alpha value is -1.97. The zero-order valence-corrected chi connectivity index (χ0v) is 6.88. The van der Waals surface area contributed by atoms with Crippen molar-refractivity contribution in [2.45, 2.75) is 0 Å². The molecule has 0 aliphatic heterocycles. The Morgan fingerprint density at radius 3 is 2.85 bits per heavy atom. The number of aromatic hydroxyl groups is 1. The molecule has 0 fully saturated rings. The number of phenols is 1. The fourth-order valence-corrected chi connectivity index (χ4v) is 1.11. The summed E-state index contributed by atoms with van der Waals surface area (Å²) in [6, 6.07) is 6.82. The summed E-state index contributed by atoms with van der Waals surface area (Å²) in [6.45, 7) is 0. The lowest BCUT2D eigenvalue weighted by atomic mass is 10.3. The van der Waals surface area contributed by atoms with Crippen LogP contribution in [-0.4, -0.2) is 14.9 Å². The lowest BCUT2D eigenvalue weighted by Gasteiger charge is -2.00. The Balaban J connectivity index is 2.46. The van der Waals surface area contributed by atoms with Crippen LogP contribution < -0.4 is 5.73 Å². The van der Waals surface area contributed by atoms with Crippen molar-refractivity contribution in [3.05, 3.63) is 36.7 Å². The standard InChI is InChI=1S/C9H9N3O/c10-7-5-11-12(6-7)8-2-1-3-9(13)4-8/h1-6,13H,10H2. The third-order valence-corrected chi connectivity index (χ3v) is 1.70. The van der Waals surface area contributed by atoms with Crippen molar-refractivity contribution in [1.29, 1.82) is 0 Å². The fraction of sp³-hybridized carbons (Fsp3) is 0. The van der Waals surface area contributed by atoms with Crippen LogP contribution in [0.5, 0.6) is 5.75 Å². The van der Waals surface area contributed by atoms with Gasteiger partial charge in [-0.3, -0.25) is 0 Å². The maximum atomic E-state index is 9.21. The highest BCUT2D eigenvalue weighted by atomic mass is 16.3. The molecule has 0 saturated carbocycles. The molecule has 0 atom stereocenters. The van der Waals surface area contributed by atoms with E-state index in [2.05, 4.69) is 5.10 Å². The molecular formula is C9H9N3O. The minimum Gasteiger partial charge on any atom is -0.508 e. The van der Waals surface area contributed by atoms with Crippen molar-refractivity contribution < 1.29 is 5.11 Å². The molecule has 66 valence electrons. The van der Waals surface area contributed by atoms with Crippen LogP contribution in [0, 0.1) is 0 Å². The van der Waals surface area contributed by atoms with Gasteiger partial charge in [-0.15, -0.1) is 0 Å².